The second-order valence-corrected chi connectivity index (χ2v) is 6.63. The molecule has 2 amide bonds. The van der Waals surface area contributed by atoms with Crippen molar-refractivity contribution in [3.63, 3.8) is 0 Å². The smallest absolute Gasteiger partial charge is 0.351 e. The number of carbonyl (C=O) groups is 2. The molecule has 0 saturated carbocycles. The lowest BCUT2D eigenvalue weighted by molar-refractivity contribution is -0.139. The molecule has 132 valence electrons. The topological polar surface area (TPSA) is 49.4 Å². The summed E-state index contributed by atoms with van der Waals surface area (Å²) in [4.78, 5) is 25.1. The highest BCUT2D eigenvalue weighted by molar-refractivity contribution is 7.98. The van der Waals surface area contributed by atoms with Crippen LogP contribution in [0, 0.1) is 0 Å². The van der Waals surface area contributed by atoms with Crippen LogP contribution in [-0.4, -0.2) is 41.3 Å². The number of rotatable bonds is 6. The number of carbonyl (C=O) groups excluding carboxylic acids is 2. The number of likely N-dealkylation sites (tertiary alicyclic amines) is 1. The first kappa shape index (κ1) is 18.6. The fourth-order valence-electron chi connectivity index (χ4n) is 2.66. The maximum atomic E-state index is 13.0. The van der Waals surface area contributed by atoms with Gasteiger partial charge >= 0.3 is 6.18 Å². The fraction of sp³-hybridized carbons (Fsp3) is 0.500. The van der Waals surface area contributed by atoms with Crippen molar-refractivity contribution in [1.82, 2.24) is 10.2 Å². The van der Waals surface area contributed by atoms with Gasteiger partial charge in [0, 0.05) is 31.7 Å². The zero-order chi connectivity index (χ0) is 17.7. The van der Waals surface area contributed by atoms with E-state index >= 15 is 0 Å². The van der Waals surface area contributed by atoms with Gasteiger partial charge in [0.1, 0.15) is 0 Å². The summed E-state index contributed by atoms with van der Waals surface area (Å²) in [5, 5.41) is 2.77. The standard InChI is InChI=1S/C16H19F3N2O2S/c1-24-7-6-14(22)20-12-8-15(23)21(10-12)9-11-4-2-3-5-13(11)16(17,18)19/h2-5,12H,6-10H2,1H3,(H,20,22)/t12-/m1/s1. The third-order valence-corrected chi connectivity index (χ3v) is 4.41. The predicted molar refractivity (Wildman–Crippen MR) is 86.4 cm³/mol. The van der Waals surface area contributed by atoms with Crippen molar-refractivity contribution in [3.8, 4) is 0 Å². The van der Waals surface area contributed by atoms with Gasteiger partial charge in [0.15, 0.2) is 0 Å². The summed E-state index contributed by atoms with van der Waals surface area (Å²) in [5.74, 6) is 0.302. The molecule has 8 heteroatoms. The highest BCUT2D eigenvalue weighted by atomic mass is 32.2. The van der Waals surface area contributed by atoms with E-state index in [0.29, 0.717) is 12.2 Å². The molecule has 2 rings (SSSR count). The first-order valence-electron chi connectivity index (χ1n) is 7.52. The minimum atomic E-state index is -4.45. The summed E-state index contributed by atoms with van der Waals surface area (Å²) in [5.41, 5.74) is -0.669. The van der Waals surface area contributed by atoms with Crippen LogP contribution in [0.4, 0.5) is 13.2 Å². The molecule has 1 aliphatic rings. The van der Waals surface area contributed by atoms with Crippen molar-refractivity contribution in [2.45, 2.75) is 31.6 Å². The van der Waals surface area contributed by atoms with E-state index in [1.165, 1.54) is 23.1 Å². The molecule has 1 heterocycles. The van der Waals surface area contributed by atoms with E-state index < -0.39 is 11.7 Å². The van der Waals surface area contributed by atoms with E-state index in [4.69, 9.17) is 0 Å². The van der Waals surface area contributed by atoms with E-state index in [-0.39, 0.29) is 42.9 Å². The van der Waals surface area contributed by atoms with Gasteiger partial charge in [-0.2, -0.15) is 24.9 Å². The number of amides is 2. The van der Waals surface area contributed by atoms with Crippen LogP contribution in [0.5, 0.6) is 0 Å². The molecule has 0 aliphatic carbocycles. The highest BCUT2D eigenvalue weighted by Gasteiger charge is 2.35. The molecule has 4 nitrogen and oxygen atoms in total. The Labute approximate surface area is 142 Å². The minimum absolute atomic E-state index is 0.0627. The van der Waals surface area contributed by atoms with Crippen molar-refractivity contribution in [1.29, 1.82) is 0 Å². The molecule has 0 bridgehead atoms. The van der Waals surface area contributed by atoms with Crippen LogP contribution in [0.15, 0.2) is 24.3 Å². The Bertz CT molecular complexity index is 607. The lowest BCUT2D eigenvalue weighted by atomic mass is 10.1. The number of nitrogens with zero attached hydrogens (tertiary/aromatic N) is 1. The van der Waals surface area contributed by atoms with Gasteiger partial charge in [-0.25, -0.2) is 0 Å². The van der Waals surface area contributed by atoms with Crippen LogP contribution < -0.4 is 5.32 Å². The number of hydrogen-bond donors (Lipinski definition) is 1. The van der Waals surface area contributed by atoms with Crippen molar-refractivity contribution in [2.24, 2.45) is 0 Å². The SMILES string of the molecule is CSCCC(=O)N[C@@H]1CC(=O)N(Cc2ccccc2C(F)(F)F)C1. The summed E-state index contributed by atoms with van der Waals surface area (Å²) in [6.07, 6.45) is -2.07. The zero-order valence-electron chi connectivity index (χ0n) is 13.2. The van der Waals surface area contributed by atoms with Gasteiger partial charge in [0.25, 0.3) is 0 Å². The second kappa shape index (κ2) is 7.92. The maximum absolute atomic E-state index is 13.0. The molecule has 1 atom stereocenters. The molecule has 1 aromatic carbocycles. The van der Waals surface area contributed by atoms with Crippen molar-refractivity contribution < 1.29 is 22.8 Å². The molecule has 1 saturated heterocycles. The molecule has 1 aliphatic heterocycles. The van der Waals surface area contributed by atoms with E-state index in [2.05, 4.69) is 5.32 Å². The largest absolute Gasteiger partial charge is 0.416 e. The van der Waals surface area contributed by atoms with E-state index in [9.17, 15) is 22.8 Å². The van der Waals surface area contributed by atoms with Crippen molar-refractivity contribution >= 4 is 23.6 Å². The Kier molecular flexibility index (Phi) is 6.15. The van der Waals surface area contributed by atoms with Crippen molar-refractivity contribution in [2.75, 3.05) is 18.6 Å². The summed E-state index contributed by atoms with van der Waals surface area (Å²) >= 11 is 1.55. The lowest BCUT2D eigenvalue weighted by Crippen LogP contribution is -2.37. The molecule has 1 aromatic rings. The van der Waals surface area contributed by atoms with Crippen LogP contribution in [0.25, 0.3) is 0 Å². The van der Waals surface area contributed by atoms with Crippen molar-refractivity contribution in [3.05, 3.63) is 35.4 Å². The van der Waals surface area contributed by atoms with Crippen LogP contribution in [0.2, 0.25) is 0 Å². The molecule has 0 radical (unpaired) electrons. The normalized spacial score (nSPS) is 18.1. The maximum Gasteiger partial charge on any atom is 0.416 e. The van der Waals surface area contributed by atoms with Crippen LogP contribution >= 0.6 is 11.8 Å². The molecular weight excluding hydrogens is 341 g/mol. The Morgan fingerprint density at radius 2 is 2.08 bits per heavy atom. The Morgan fingerprint density at radius 3 is 2.75 bits per heavy atom. The predicted octanol–water partition coefficient (Wildman–Crippen LogP) is 2.68. The third-order valence-electron chi connectivity index (χ3n) is 3.80. The number of alkyl halides is 3. The Balaban J connectivity index is 2.00. The third kappa shape index (κ3) is 4.90. The first-order valence-corrected chi connectivity index (χ1v) is 8.92. The van der Waals surface area contributed by atoms with Gasteiger partial charge < -0.3 is 10.2 Å². The van der Waals surface area contributed by atoms with Crippen LogP contribution in [0.1, 0.15) is 24.0 Å². The molecule has 0 aromatic heterocycles. The van der Waals surface area contributed by atoms with Gasteiger partial charge in [-0.05, 0) is 17.9 Å². The molecule has 1 N–H and O–H groups in total. The molecule has 1 fully saturated rings. The fourth-order valence-corrected chi connectivity index (χ4v) is 3.05. The zero-order valence-corrected chi connectivity index (χ0v) is 14.0. The van der Waals surface area contributed by atoms with Crippen LogP contribution in [0.3, 0.4) is 0 Å². The van der Waals surface area contributed by atoms with Crippen LogP contribution in [-0.2, 0) is 22.3 Å². The minimum Gasteiger partial charge on any atom is -0.351 e. The number of halogens is 3. The van der Waals surface area contributed by atoms with Gasteiger partial charge in [-0.1, -0.05) is 18.2 Å². The number of hydrogen-bond acceptors (Lipinski definition) is 3. The van der Waals surface area contributed by atoms with Gasteiger partial charge in [-0.15, -0.1) is 0 Å². The molecule has 0 spiro atoms. The average molecular weight is 360 g/mol. The van der Waals surface area contributed by atoms with Gasteiger partial charge in [0.05, 0.1) is 11.6 Å². The number of nitrogens with one attached hydrogen (secondary N) is 1. The monoisotopic (exact) mass is 360 g/mol. The molecule has 0 unspecified atom stereocenters. The Morgan fingerprint density at radius 1 is 1.38 bits per heavy atom. The molecule has 24 heavy (non-hydrogen) atoms. The first-order chi connectivity index (χ1) is 11.3. The summed E-state index contributed by atoms with van der Waals surface area (Å²) < 4.78 is 39.1. The van der Waals surface area contributed by atoms with E-state index in [1.54, 1.807) is 11.8 Å². The quantitative estimate of drug-likeness (QED) is 0.849. The Hall–Kier alpha value is -1.70. The van der Waals surface area contributed by atoms with Gasteiger partial charge in [-0.3, -0.25) is 9.59 Å². The number of benzene rings is 1. The summed E-state index contributed by atoms with van der Waals surface area (Å²) in [7, 11) is 0. The highest BCUT2D eigenvalue weighted by Crippen LogP contribution is 2.32. The van der Waals surface area contributed by atoms with E-state index in [1.807, 2.05) is 6.26 Å². The van der Waals surface area contributed by atoms with E-state index in [0.717, 1.165) is 6.07 Å². The lowest BCUT2D eigenvalue weighted by Gasteiger charge is -2.20. The average Bonchev–Trinajstić information content (AvgIpc) is 2.84. The second-order valence-electron chi connectivity index (χ2n) is 5.64. The van der Waals surface area contributed by atoms with Gasteiger partial charge in [0.2, 0.25) is 11.8 Å². The number of thioether (sulfide) groups is 1. The summed E-state index contributed by atoms with van der Waals surface area (Å²) in [6.45, 7) is 0.127. The summed E-state index contributed by atoms with van der Waals surface area (Å²) in [6, 6.07) is 4.89. The molecular formula is C16H19F3N2O2S.